The van der Waals surface area contributed by atoms with E-state index in [0.29, 0.717) is 17.4 Å². The quantitative estimate of drug-likeness (QED) is 0.836. The summed E-state index contributed by atoms with van der Waals surface area (Å²) in [5.74, 6) is 7.17. The van der Waals surface area contributed by atoms with E-state index in [1.54, 1.807) is 16.9 Å². The van der Waals surface area contributed by atoms with Crippen molar-refractivity contribution in [1.82, 2.24) is 30.4 Å². The highest BCUT2D eigenvalue weighted by molar-refractivity contribution is 5.92. The summed E-state index contributed by atoms with van der Waals surface area (Å²) in [6, 6.07) is 3.54. The van der Waals surface area contributed by atoms with Gasteiger partial charge in [0.05, 0.1) is 6.20 Å². The molecule has 7 heteroatoms. The maximum atomic E-state index is 12.3. The smallest absolute Gasteiger partial charge is 0.283 e. The molecule has 0 aromatic carbocycles. The summed E-state index contributed by atoms with van der Waals surface area (Å²) in [5.41, 5.74) is 4.09. The van der Waals surface area contributed by atoms with Gasteiger partial charge in [-0.2, -0.15) is 10.2 Å². The first kappa shape index (κ1) is 17.2. The van der Waals surface area contributed by atoms with Crippen LogP contribution in [0.2, 0.25) is 0 Å². The monoisotopic (exact) mass is 340 g/mol. The number of aromatic amines is 1. The molecule has 25 heavy (non-hydrogen) atoms. The first-order chi connectivity index (χ1) is 12.1. The molecule has 2 aromatic rings. The van der Waals surface area contributed by atoms with Crippen LogP contribution in [0.5, 0.6) is 0 Å². The van der Waals surface area contributed by atoms with Crippen molar-refractivity contribution in [2.24, 2.45) is 5.92 Å². The number of aromatic nitrogens is 4. The van der Waals surface area contributed by atoms with Crippen molar-refractivity contribution in [2.75, 3.05) is 13.1 Å². The second-order valence-corrected chi connectivity index (χ2v) is 6.66. The molecular weight excluding hydrogens is 316 g/mol. The van der Waals surface area contributed by atoms with E-state index in [4.69, 9.17) is 0 Å². The summed E-state index contributed by atoms with van der Waals surface area (Å²) in [6.07, 6.45) is 5.96. The number of nitrogens with one attached hydrogen (secondary N) is 2. The molecule has 0 radical (unpaired) electrons. The van der Waals surface area contributed by atoms with Crippen molar-refractivity contribution < 1.29 is 4.79 Å². The number of hydrogen-bond donors (Lipinski definition) is 2. The summed E-state index contributed by atoms with van der Waals surface area (Å²) in [4.78, 5) is 12.3. The van der Waals surface area contributed by atoms with Gasteiger partial charge < -0.3 is 0 Å². The second-order valence-electron chi connectivity index (χ2n) is 6.66. The Morgan fingerprint density at radius 1 is 1.36 bits per heavy atom. The van der Waals surface area contributed by atoms with E-state index in [2.05, 4.69) is 46.4 Å². The van der Waals surface area contributed by atoms with Gasteiger partial charge in [-0.25, -0.2) is 9.69 Å². The first-order valence-electron chi connectivity index (χ1n) is 8.78. The zero-order chi connectivity index (χ0) is 17.6. The summed E-state index contributed by atoms with van der Waals surface area (Å²) in [5, 5.41) is 13.2. The third-order valence-corrected chi connectivity index (χ3v) is 4.01. The SMILES string of the molecule is CC(C)CC#Cc1ccnn1-c1cc(C(=O)NN2CCCCC2)[nH]n1. The minimum atomic E-state index is -0.180. The van der Waals surface area contributed by atoms with E-state index in [9.17, 15) is 4.79 Å². The Labute approximate surface area is 147 Å². The molecule has 3 rings (SSSR count). The van der Waals surface area contributed by atoms with Gasteiger partial charge in [0.2, 0.25) is 0 Å². The molecule has 1 fully saturated rings. The average Bonchev–Trinajstić information content (AvgIpc) is 3.24. The normalized spacial score (nSPS) is 15.0. The van der Waals surface area contributed by atoms with Crippen molar-refractivity contribution in [3.63, 3.8) is 0 Å². The zero-order valence-corrected chi connectivity index (χ0v) is 14.7. The van der Waals surface area contributed by atoms with Crippen LogP contribution in [0.1, 0.15) is 55.7 Å². The van der Waals surface area contributed by atoms with E-state index in [-0.39, 0.29) is 5.91 Å². The largest absolute Gasteiger partial charge is 0.283 e. The van der Waals surface area contributed by atoms with Gasteiger partial charge in [-0.05, 0) is 30.7 Å². The lowest BCUT2D eigenvalue weighted by Crippen LogP contribution is -2.45. The lowest BCUT2D eigenvalue weighted by atomic mass is 10.1. The number of piperidine rings is 1. The first-order valence-corrected chi connectivity index (χ1v) is 8.78. The lowest BCUT2D eigenvalue weighted by molar-refractivity contribution is 0.0744. The van der Waals surface area contributed by atoms with E-state index < -0.39 is 0 Å². The number of carbonyl (C=O) groups is 1. The topological polar surface area (TPSA) is 78.8 Å². The number of rotatable bonds is 4. The molecule has 7 nitrogen and oxygen atoms in total. The van der Waals surface area contributed by atoms with Crippen molar-refractivity contribution >= 4 is 5.91 Å². The minimum absolute atomic E-state index is 0.180. The Morgan fingerprint density at radius 3 is 2.92 bits per heavy atom. The van der Waals surface area contributed by atoms with Crippen LogP contribution in [0.25, 0.3) is 5.82 Å². The molecule has 0 unspecified atom stereocenters. The Morgan fingerprint density at radius 2 is 2.16 bits per heavy atom. The molecule has 1 amide bonds. The fourth-order valence-electron chi connectivity index (χ4n) is 2.67. The summed E-state index contributed by atoms with van der Waals surface area (Å²) in [7, 11) is 0. The van der Waals surface area contributed by atoms with E-state index >= 15 is 0 Å². The van der Waals surface area contributed by atoms with Crippen molar-refractivity contribution in [1.29, 1.82) is 0 Å². The van der Waals surface area contributed by atoms with Crippen molar-refractivity contribution in [3.8, 4) is 17.7 Å². The molecule has 132 valence electrons. The van der Waals surface area contributed by atoms with Gasteiger partial charge in [-0.3, -0.25) is 15.3 Å². The van der Waals surface area contributed by atoms with Crippen LogP contribution in [-0.2, 0) is 0 Å². The van der Waals surface area contributed by atoms with Crippen molar-refractivity contribution in [3.05, 3.63) is 29.7 Å². The molecule has 0 saturated carbocycles. The molecule has 2 N–H and O–H groups in total. The molecule has 1 aliphatic heterocycles. The van der Waals surface area contributed by atoms with Crippen LogP contribution in [0.3, 0.4) is 0 Å². The Kier molecular flexibility index (Phi) is 5.51. The van der Waals surface area contributed by atoms with Gasteiger partial charge >= 0.3 is 0 Å². The van der Waals surface area contributed by atoms with Crippen LogP contribution in [-0.4, -0.2) is 44.0 Å². The third kappa shape index (κ3) is 4.48. The number of hydrazine groups is 1. The predicted molar refractivity (Wildman–Crippen MR) is 94.9 cm³/mol. The van der Waals surface area contributed by atoms with E-state index in [1.807, 2.05) is 11.1 Å². The number of carbonyl (C=O) groups excluding carboxylic acids is 1. The average molecular weight is 340 g/mol. The van der Waals surface area contributed by atoms with Crippen molar-refractivity contribution in [2.45, 2.75) is 39.5 Å². The summed E-state index contributed by atoms with van der Waals surface area (Å²) < 4.78 is 1.64. The number of H-pyrrole nitrogens is 1. The standard InChI is InChI=1S/C18H24N6O/c1-14(2)7-6-8-15-9-10-19-24(15)17-13-16(20-21-17)18(25)22-23-11-4-3-5-12-23/h9-10,13-14H,3-5,7,11-12H2,1-2H3,(H,20,21)(H,22,25). The van der Waals surface area contributed by atoms with Gasteiger partial charge in [0, 0.05) is 25.6 Å². The molecule has 1 aliphatic rings. The van der Waals surface area contributed by atoms with E-state index in [0.717, 1.165) is 38.0 Å². The molecule has 1 saturated heterocycles. The molecule has 3 heterocycles. The van der Waals surface area contributed by atoms with Gasteiger partial charge in [0.25, 0.3) is 5.91 Å². The Bertz CT molecular complexity index is 773. The zero-order valence-electron chi connectivity index (χ0n) is 14.7. The lowest BCUT2D eigenvalue weighted by Gasteiger charge is -2.26. The fourth-order valence-corrected chi connectivity index (χ4v) is 2.67. The summed E-state index contributed by atoms with van der Waals surface area (Å²) in [6.45, 7) is 6.04. The highest BCUT2D eigenvalue weighted by atomic mass is 16.2. The van der Waals surface area contributed by atoms with Crippen LogP contribution in [0, 0.1) is 17.8 Å². The molecule has 0 bridgehead atoms. The van der Waals surface area contributed by atoms with Crippen LogP contribution < -0.4 is 5.43 Å². The third-order valence-electron chi connectivity index (χ3n) is 4.01. The van der Waals surface area contributed by atoms with Gasteiger partial charge in [-0.1, -0.05) is 26.2 Å². The highest BCUT2D eigenvalue weighted by Gasteiger charge is 2.17. The maximum Gasteiger partial charge on any atom is 0.283 e. The van der Waals surface area contributed by atoms with E-state index in [1.165, 1.54) is 6.42 Å². The maximum absolute atomic E-state index is 12.3. The number of hydrogen-bond acceptors (Lipinski definition) is 4. The molecule has 0 atom stereocenters. The highest BCUT2D eigenvalue weighted by Crippen LogP contribution is 2.10. The Hall–Kier alpha value is -2.59. The Balaban J connectivity index is 1.70. The van der Waals surface area contributed by atoms with Crippen LogP contribution in [0.15, 0.2) is 18.3 Å². The predicted octanol–water partition coefficient (Wildman–Crippen LogP) is 2.12. The minimum Gasteiger partial charge on any atom is -0.283 e. The van der Waals surface area contributed by atoms with Gasteiger partial charge in [0.15, 0.2) is 5.82 Å². The fraction of sp³-hybridized carbons (Fsp3) is 0.500. The number of amides is 1. The van der Waals surface area contributed by atoms with Gasteiger partial charge in [0.1, 0.15) is 11.4 Å². The second kappa shape index (κ2) is 7.99. The molecular formula is C18H24N6O. The van der Waals surface area contributed by atoms with Crippen LogP contribution in [0.4, 0.5) is 0 Å². The number of nitrogens with zero attached hydrogens (tertiary/aromatic N) is 4. The molecule has 0 aliphatic carbocycles. The molecule has 0 spiro atoms. The van der Waals surface area contributed by atoms with Crippen LogP contribution >= 0.6 is 0 Å². The summed E-state index contributed by atoms with van der Waals surface area (Å²) >= 11 is 0. The van der Waals surface area contributed by atoms with Gasteiger partial charge in [-0.15, -0.1) is 0 Å². The molecule has 2 aromatic heterocycles.